The first-order chi connectivity index (χ1) is 8.60. The molecule has 0 spiro atoms. The van der Waals surface area contributed by atoms with E-state index in [-0.39, 0.29) is 11.9 Å². The maximum atomic E-state index is 13.7. The third-order valence-electron chi connectivity index (χ3n) is 3.51. The number of halogens is 1. The summed E-state index contributed by atoms with van der Waals surface area (Å²) in [6, 6.07) is 7.59. The number of likely N-dealkylation sites (N-methyl/N-ethyl adjacent to an activating group) is 2. The van der Waals surface area contributed by atoms with Gasteiger partial charge in [0.05, 0.1) is 0 Å². The topological polar surface area (TPSA) is 15.3 Å². The number of nitrogens with zero attached hydrogens (tertiary/aromatic N) is 1. The van der Waals surface area contributed by atoms with Gasteiger partial charge in [0.15, 0.2) is 0 Å². The van der Waals surface area contributed by atoms with Crippen LogP contribution in [-0.2, 0) is 0 Å². The van der Waals surface area contributed by atoms with E-state index < -0.39 is 0 Å². The molecule has 0 aromatic heterocycles. The van der Waals surface area contributed by atoms with Gasteiger partial charge in [-0.3, -0.25) is 4.90 Å². The molecule has 2 nitrogen and oxygen atoms in total. The highest BCUT2D eigenvalue weighted by atomic mass is 19.1. The Bertz CT molecular complexity index is 354. The smallest absolute Gasteiger partial charge is 0.127 e. The van der Waals surface area contributed by atoms with E-state index in [1.165, 1.54) is 6.07 Å². The van der Waals surface area contributed by atoms with Gasteiger partial charge in [0.25, 0.3) is 0 Å². The van der Waals surface area contributed by atoms with Crippen LogP contribution in [0.4, 0.5) is 4.39 Å². The molecule has 1 N–H and O–H groups in total. The summed E-state index contributed by atoms with van der Waals surface area (Å²) in [5.74, 6) is -0.117. The van der Waals surface area contributed by atoms with E-state index in [9.17, 15) is 4.39 Å². The average molecular weight is 252 g/mol. The van der Waals surface area contributed by atoms with E-state index in [2.05, 4.69) is 38.0 Å². The molecule has 0 aliphatic carbocycles. The van der Waals surface area contributed by atoms with Gasteiger partial charge in [0.2, 0.25) is 0 Å². The maximum Gasteiger partial charge on any atom is 0.127 e. The molecule has 0 saturated heterocycles. The van der Waals surface area contributed by atoms with Crippen LogP contribution < -0.4 is 5.32 Å². The van der Waals surface area contributed by atoms with Crippen molar-refractivity contribution in [2.45, 2.75) is 39.3 Å². The predicted molar refractivity (Wildman–Crippen MR) is 75.2 cm³/mol. The number of benzene rings is 1. The summed E-state index contributed by atoms with van der Waals surface area (Å²) in [4.78, 5) is 2.20. The predicted octanol–water partition coefficient (Wildman–Crippen LogP) is 3.21. The minimum Gasteiger partial charge on any atom is -0.313 e. The van der Waals surface area contributed by atoms with Crippen LogP contribution >= 0.6 is 0 Å². The van der Waals surface area contributed by atoms with E-state index in [4.69, 9.17) is 0 Å². The fourth-order valence-corrected chi connectivity index (χ4v) is 2.18. The second-order valence-electron chi connectivity index (χ2n) is 4.80. The fourth-order valence-electron chi connectivity index (χ4n) is 2.18. The van der Waals surface area contributed by atoms with Crippen LogP contribution in [-0.4, -0.2) is 31.1 Å². The van der Waals surface area contributed by atoms with Crippen LogP contribution in [0.2, 0.25) is 0 Å². The van der Waals surface area contributed by atoms with Crippen molar-refractivity contribution in [1.29, 1.82) is 0 Å². The van der Waals surface area contributed by atoms with Crippen molar-refractivity contribution >= 4 is 0 Å². The molecule has 2 atom stereocenters. The highest BCUT2D eigenvalue weighted by molar-refractivity contribution is 5.20. The van der Waals surface area contributed by atoms with Crippen LogP contribution in [0.1, 0.15) is 38.8 Å². The van der Waals surface area contributed by atoms with Crippen molar-refractivity contribution in [2.75, 3.05) is 20.1 Å². The summed E-state index contributed by atoms with van der Waals surface area (Å²) in [6.07, 6.45) is 1.09. The molecular weight excluding hydrogens is 227 g/mol. The third-order valence-corrected chi connectivity index (χ3v) is 3.51. The van der Waals surface area contributed by atoms with Gasteiger partial charge in [0.1, 0.15) is 5.82 Å². The zero-order valence-electron chi connectivity index (χ0n) is 11.9. The van der Waals surface area contributed by atoms with Gasteiger partial charge in [-0.15, -0.1) is 0 Å². The molecule has 3 heteroatoms. The van der Waals surface area contributed by atoms with E-state index in [1.54, 1.807) is 6.07 Å². The molecule has 18 heavy (non-hydrogen) atoms. The van der Waals surface area contributed by atoms with Crippen molar-refractivity contribution in [3.05, 3.63) is 35.6 Å². The number of hydrogen-bond acceptors (Lipinski definition) is 2. The molecule has 0 aliphatic heterocycles. The molecule has 0 fully saturated rings. The first-order valence-corrected chi connectivity index (χ1v) is 6.78. The minimum absolute atomic E-state index is 0.0962. The number of nitrogens with one attached hydrogen (secondary N) is 1. The van der Waals surface area contributed by atoms with Crippen LogP contribution in [0.3, 0.4) is 0 Å². The Morgan fingerprint density at radius 3 is 2.50 bits per heavy atom. The lowest BCUT2D eigenvalue weighted by Crippen LogP contribution is -2.40. The Morgan fingerprint density at radius 2 is 1.94 bits per heavy atom. The zero-order chi connectivity index (χ0) is 13.5. The van der Waals surface area contributed by atoms with Crippen LogP contribution in [0.5, 0.6) is 0 Å². The van der Waals surface area contributed by atoms with Crippen molar-refractivity contribution in [3.63, 3.8) is 0 Å². The second kappa shape index (κ2) is 7.49. The van der Waals surface area contributed by atoms with E-state index >= 15 is 0 Å². The molecule has 1 aromatic rings. The van der Waals surface area contributed by atoms with Crippen LogP contribution in [0, 0.1) is 5.82 Å². The highest BCUT2D eigenvalue weighted by Crippen LogP contribution is 2.21. The first kappa shape index (κ1) is 15.1. The summed E-state index contributed by atoms with van der Waals surface area (Å²) in [5.41, 5.74) is 0.770. The summed E-state index contributed by atoms with van der Waals surface area (Å²) in [6.45, 7) is 8.25. The van der Waals surface area contributed by atoms with E-state index in [1.807, 2.05) is 12.1 Å². The summed E-state index contributed by atoms with van der Waals surface area (Å²) in [7, 11) is 2.05. The molecule has 2 unspecified atom stereocenters. The highest BCUT2D eigenvalue weighted by Gasteiger charge is 2.17. The van der Waals surface area contributed by atoms with Crippen LogP contribution in [0.15, 0.2) is 24.3 Å². The number of rotatable bonds is 7. The quantitative estimate of drug-likeness (QED) is 0.801. The van der Waals surface area contributed by atoms with Gasteiger partial charge in [-0.1, -0.05) is 32.0 Å². The first-order valence-electron chi connectivity index (χ1n) is 6.78. The van der Waals surface area contributed by atoms with Crippen molar-refractivity contribution < 1.29 is 4.39 Å². The molecular formula is C15H25FN2. The van der Waals surface area contributed by atoms with Gasteiger partial charge in [0, 0.05) is 24.2 Å². The Balaban J connectivity index is 2.66. The Labute approximate surface area is 110 Å². The lowest BCUT2D eigenvalue weighted by Gasteiger charge is -2.29. The van der Waals surface area contributed by atoms with Gasteiger partial charge in [-0.25, -0.2) is 4.39 Å². The molecule has 0 aliphatic rings. The molecule has 0 heterocycles. The molecule has 1 aromatic carbocycles. The van der Waals surface area contributed by atoms with E-state index in [0.29, 0.717) is 6.04 Å². The van der Waals surface area contributed by atoms with E-state index in [0.717, 1.165) is 25.1 Å². The standard InChI is InChI=1S/C15H25FN2/c1-5-13(17-6-2)11-18(4)12(3)14-9-7-8-10-15(14)16/h7-10,12-13,17H,5-6,11H2,1-4H3. The summed E-state index contributed by atoms with van der Waals surface area (Å²) < 4.78 is 13.7. The van der Waals surface area contributed by atoms with Gasteiger partial charge in [-0.05, 0) is 33.0 Å². The normalized spacial score (nSPS) is 14.8. The summed E-state index contributed by atoms with van der Waals surface area (Å²) in [5, 5.41) is 3.45. The SMILES string of the molecule is CCNC(CC)CN(C)C(C)c1ccccc1F. The fraction of sp³-hybridized carbons (Fsp3) is 0.600. The van der Waals surface area contributed by atoms with Gasteiger partial charge < -0.3 is 5.32 Å². The molecule has 102 valence electrons. The third kappa shape index (κ3) is 4.07. The van der Waals surface area contributed by atoms with Gasteiger partial charge >= 0.3 is 0 Å². The van der Waals surface area contributed by atoms with Gasteiger partial charge in [-0.2, -0.15) is 0 Å². The average Bonchev–Trinajstić information content (AvgIpc) is 2.37. The van der Waals surface area contributed by atoms with Crippen LogP contribution in [0.25, 0.3) is 0 Å². The lowest BCUT2D eigenvalue weighted by atomic mass is 10.1. The zero-order valence-corrected chi connectivity index (χ0v) is 11.9. The lowest BCUT2D eigenvalue weighted by molar-refractivity contribution is 0.225. The minimum atomic E-state index is -0.117. The molecule has 0 saturated carbocycles. The Morgan fingerprint density at radius 1 is 1.28 bits per heavy atom. The molecule has 0 bridgehead atoms. The van der Waals surface area contributed by atoms with Crippen molar-refractivity contribution in [2.24, 2.45) is 0 Å². The monoisotopic (exact) mass is 252 g/mol. The molecule has 0 amide bonds. The molecule has 0 radical (unpaired) electrons. The second-order valence-corrected chi connectivity index (χ2v) is 4.80. The van der Waals surface area contributed by atoms with Crippen molar-refractivity contribution in [3.8, 4) is 0 Å². The largest absolute Gasteiger partial charge is 0.313 e. The maximum absolute atomic E-state index is 13.7. The molecule has 1 rings (SSSR count). The number of hydrogen-bond donors (Lipinski definition) is 1. The van der Waals surface area contributed by atoms with Crippen molar-refractivity contribution in [1.82, 2.24) is 10.2 Å². The Hall–Kier alpha value is -0.930. The summed E-state index contributed by atoms with van der Waals surface area (Å²) >= 11 is 0. The Kier molecular flexibility index (Phi) is 6.30.